The molecule has 2 heterocycles. The third-order valence-corrected chi connectivity index (χ3v) is 5.49. The number of nitrogens with one attached hydrogen (secondary N) is 1. The second kappa shape index (κ2) is 10.4. The molecule has 160 valence electrons. The van der Waals surface area contributed by atoms with Gasteiger partial charge in [0.05, 0.1) is 29.8 Å². The van der Waals surface area contributed by atoms with Crippen LogP contribution in [0.25, 0.3) is 17.3 Å². The van der Waals surface area contributed by atoms with Crippen LogP contribution in [0.1, 0.15) is 49.7 Å². The Morgan fingerprint density at radius 2 is 1.94 bits per heavy atom. The molecule has 31 heavy (non-hydrogen) atoms. The molecule has 0 fully saturated rings. The summed E-state index contributed by atoms with van der Waals surface area (Å²) >= 11 is 3.36. The lowest BCUT2D eigenvalue weighted by atomic mass is 10.0. The molecule has 0 saturated carbocycles. The highest BCUT2D eigenvalue weighted by atomic mass is 79.9. The van der Waals surface area contributed by atoms with Crippen LogP contribution in [0.15, 0.2) is 64.9 Å². The normalized spacial score (nSPS) is 12.2. The van der Waals surface area contributed by atoms with Crippen molar-refractivity contribution in [3.05, 3.63) is 87.4 Å². The lowest BCUT2D eigenvalue weighted by Gasteiger charge is -2.11. The fraction of sp³-hybridized carbons (Fsp3) is 0.240. The van der Waals surface area contributed by atoms with Crippen LogP contribution in [-0.4, -0.2) is 20.7 Å². The van der Waals surface area contributed by atoms with E-state index in [-0.39, 0.29) is 5.91 Å². The van der Waals surface area contributed by atoms with Crippen LogP contribution >= 0.6 is 15.9 Å². The number of aromatic nitrogens is 3. The van der Waals surface area contributed by atoms with Crippen molar-refractivity contribution in [1.29, 1.82) is 0 Å². The maximum atomic E-state index is 13.1. The molecule has 2 aromatic heterocycles. The Hall–Kier alpha value is -2.99. The Morgan fingerprint density at radius 1 is 1.19 bits per heavy atom. The molecule has 0 spiro atoms. The van der Waals surface area contributed by atoms with E-state index in [1.165, 1.54) is 11.1 Å². The van der Waals surface area contributed by atoms with Gasteiger partial charge in [0, 0.05) is 11.1 Å². The van der Waals surface area contributed by atoms with Gasteiger partial charge in [-0.05, 0) is 73.5 Å². The highest BCUT2D eigenvalue weighted by molar-refractivity contribution is 9.10. The summed E-state index contributed by atoms with van der Waals surface area (Å²) in [5.74, 6) is -0.156. The number of rotatable bonds is 7. The monoisotopic (exact) mass is 478 g/mol. The van der Waals surface area contributed by atoms with Crippen molar-refractivity contribution < 1.29 is 4.79 Å². The van der Waals surface area contributed by atoms with Crippen molar-refractivity contribution in [2.45, 2.75) is 40.7 Å². The fourth-order valence-electron chi connectivity index (χ4n) is 3.16. The van der Waals surface area contributed by atoms with Gasteiger partial charge in [-0.1, -0.05) is 42.3 Å². The van der Waals surface area contributed by atoms with Crippen molar-refractivity contribution in [3.63, 3.8) is 0 Å². The van der Waals surface area contributed by atoms with Crippen molar-refractivity contribution in [3.8, 4) is 5.69 Å². The summed E-state index contributed by atoms with van der Waals surface area (Å²) in [5.41, 5.74) is 6.43. The Kier molecular flexibility index (Phi) is 7.58. The maximum Gasteiger partial charge on any atom is 0.252 e. The fourth-order valence-corrected chi connectivity index (χ4v) is 3.54. The van der Waals surface area contributed by atoms with Gasteiger partial charge in [-0.3, -0.25) is 4.79 Å². The largest absolute Gasteiger partial charge is 0.346 e. The van der Waals surface area contributed by atoms with Crippen LogP contribution in [0.2, 0.25) is 0 Å². The molecule has 0 bridgehead atoms. The summed E-state index contributed by atoms with van der Waals surface area (Å²) < 4.78 is 2.63. The second-order valence-electron chi connectivity index (χ2n) is 7.37. The summed E-state index contributed by atoms with van der Waals surface area (Å²) in [6.07, 6.45) is 6.62. The minimum atomic E-state index is -0.156. The molecule has 0 aliphatic heterocycles. The predicted molar refractivity (Wildman–Crippen MR) is 130 cm³/mol. The number of carbonyl (C=O) groups excluding carboxylic acids is 1. The average molecular weight is 479 g/mol. The number of halogens is 1. The number of allylic oxidation sites excluding steroid dienone is 2. The van der Waals surface area contributed by atoms with Gasteiger partial charge in [0.2, 0.25) is 0 Å². The molecule has 0 unspecified atom stereocenters. The van der Waals surface area contributed by atoms with Crippen LogP contribution < -0.4 is 5.32 Å². The highest BCUT2D eigenvalue weighted by Crippen LogP contribution is 2.25. The number of hydrogen-bond donors (Lipinski definition) is 1. The number of aryl methyl sites for hydroxylation is 1. The Bertz CT molecular complexity index is 1130. The van der Waals surface area contributed by atoms with Gasteiger partial charge in [-0.2, -0.15) is 5.10 Å². The van der Waals surface area contributed by atoms with Crippen LogP contribution in [0, 0.1) is 6.92 Å². The van der Waals surface area contributed by atoms with E-state index in [9.17, 15) is 4.79 Å². The first kappa shape index (κ1) is 22.7. The van der Waals surface area contributed by atoms with E-state index < -0.39 is 0 Å². The SMILES string of the molecule is C/C=C(/C(=O)NCc1cccc(Br)n1)c1cnn(-c2ccc(C)cc2)c1/C=C(\C)CC. The van der Waals surface area contributed by atoms with E-state index in [0.29, 0.717) is 12.1 Å². The number of amides is 1. The molecular formula is C25H27BrN4O. The van der Waals surface area contributed by atoms with Gasteiger partial charge in [0.25, 0.3) is 5.91 Å². The number of benzene rings is 1. The minimum absolute atomic E-state index is 0.156. The maximum absolute atomic E-state index is 13.1. The van der Waals surface area contributed by atoms with E-state index in [4.69, 9.17) is 0 Å². The molecule has 1 N–H and O–H groups in total. The van der Waals surface area contributed by atoms with Crippen LogP contribution in [0.3, 0.4) is 0 Å². The number of carbonyl (C=O) groups is 1. The van der Waals surface area contributed by atoms with Gasteiger partial charge < -0.3 is 5.32 Å². The summed E-state index contributed by atoms with van der Waals surface area (Å²) in [5, 5.41) is 7.60. The van der Waals surface area contributed by atoms with Gasteiger partial charge in [0.15, 0.2) is 0 Å². The van der Waals surface area contributed by atoms with Gasteiger partial charge in [0.1, 0.15) is 4.60 Å². The molecule has 1 aromatic carbocycles. The first-order chi connectivity index (χ1) is 14.9. The smallest absolute Gasteiger partial charge is 0.252 e. The predicted octanol–water partition coefficient (Wildman–Crippen LogP) is 5.87. The van der Waals surface area contributed by atoms with Gasteiger partial charge in [-0.25, -0.2) is 9.67 Å². The Morgan fingerprint density at radius 3 is 2.58 bits per heavy atom. The van der Waals surface area contributed by atoms with Gasteiger partial charge >= 0.3 is 0 Å². The molecule has 0 aliphatic carbocycles. The second-order valence-corrected chi connectivity index (χ2v) is 8.18. The third-order valence-electron chi connectivity index (χ3n) is 5.05. The highest BCUT2D eigenvalue weighted by Gasteiger charge is 2.19. The van der Waals surface area contributed by atoms with Crippen molar-refractivity contribution in [2.24, 2.45) is 0 Å². The Labute approximate surface area is 192 Å². The Balaban J connectivity index is 1.95. The first-order valence-corrected chi connectivity index (χ1v) is 11.1. The summed E-state index contributed by atoms with van der Waals surface area (Å²) in [7, 11) is 0. The molecule has 0 saturated heterocycles. The molecule has 3 aromatic rings. The van der Waals surface area contributed by atoms with Crippen molar-refractivity contribution >= 4 is 33.5 Å². The summed E-state index contributed by atoms with van der Waals surface area (Å²) in [6, 6.07) is 13.8. The van der Waals surface area contributed by atoms with E-state index in [1.54, 1.807) is 6.20 Å². The van der Waals surface area contributed by atoms with Crippen LogP contribution in [-0.2, 0) is 11.3 Å². The number of nitrogens with zero attached hydrogens (tertiary/aromatic N) is 3. The van der Waals surface area contributed by atoms with Gasteiger partial charge in [-0.15, -0.1) is 0 Å². The number of pyridine rings is 1. The molecule has 3 rings (SSSR count). The van der Waals surface area contributed by atoms with Crippen molar-refractivity contribution in [2.75, 3.05) is 0 Å². The zero-order valence-electron chi connectivity index (χ0n) is 18.3. The molecule has 6 heteroatoms. The molecule has 0 atom stereocenters. The number of hydrogen-bond acceptors (Lipinski definition) is 3. The zero-order chi connectivity index (χ0) is 22.4. The third kappa shape index (κ3) is 5.58. The lowest BCUT2D eigenvalue weighted by Crippen LogP contribution is -2.24. The van der Waals surface area contributed by atoms with E-state index in [0.717, 1.165) is 33.7 Å². The average Bonchev–Trinajstić information content (AvgIpc) is 3.16. The molecule has 5 nitrogen and oxygen atoms in total. The molecule has 0 aliphatic rings. The zero-order valence-corrected chi connectivity index (χ0v) is 19.9. The quantitative estimate of drug-likeness (QED) is 0.341. The molecular weight excluding hydrogens is 452 g/mol. The van der Waals surface area contributed by atoms with E-state index in [1.807, 2.05) is 48.0 Å². The standard InChI is InChI=1S/C25H27BrN4O/c1-5-17(3)14-23-22(16-28-30(23)20-12-10-18(4)11-13-20)21(6-2)25(31)27-15-19-8-7-9-24(26)29-19/h6-14,16H,5,15H2,1-4H3,(H,27,31)/b17-14+,21-6+. The van der Waals surface area contributed by atoms with E-state index in [2.05, 4.69) is 70.3 Å². The van der Waals surface area contributed by atoms with Crippen LogP contribution in [0.5, 0.6) is 0 Å². The molecule has 0 radical (unpaired) electrons. The summed E-state index contributed by atoms with van der Waals surface area (Å²) in [6.45, 7) is 8.48. The lowest BCUT2D eigenvalue weighted by molar-refractivity contribution is -0.115. The first-order valence-electron chi connectivity index (χ1n) is 10.3. The topological polar surface area (TPSA) is 59.8 Å². The van der Waals surface area contributed by atoms with Crippen molar-refractivity contribution in [1.82, 2.24) is 20.1 Å². The van der Waals surface area contributed by atoms with E-state index >= 15 is 0 Å². The molecule has 1 amide bonds. The minimum Gasteiger partial charge on any atom is -0.346 e. The summed E-state index contributed by atoms with van der Waals surface area (Å²) in [4.78, 5) is 17.4. The van der Waals surface area contributed by atoms with Crippen LogP contribution in [0.4, 0.5) is 0 Å².